The van der Waals surface area contributed by atoms with E-state index in [1.54, 1.807) is 28.7 Å². The number of rotatable bonds is 4. The highest BCUT2D eigenvalue weighted by Crippen LogP contribution is 2.38. The summed E-state index contributed by atoms with van der Waals surface area (Å²) in [5, 5.41) is 9.79. The average Bonchev–Trinajstić information content (AvgIpc) is 2.33. The summed E-state index contributed by atoms with van der Waals surface area (Å²) in [5.74, 6) is -5.95. The second kappa shape index (κ2) is 7.90. The number of phenols is 1. The van der Waals surface area contributed by atoms with Gasteiger partial charge in [0.05, 0.1) is 10.2 Å². The maximum absolute atomic E-state index is 13.8. The molecule has 0 heterocycles. The second-order valence-electron chi connectivity index (χ2n) is 3.65. The summed E-state index contributed by atoms with van der Waals surface area (Å²) in [5.41, 5.74) is 5.24. The maximum Gasteiger partial charge on any atom is 0.379 e. The number of benzene rings is 1. The Morgan fingerprint density at radius 3 is 2.55 bits per heavy atom. The van der Waals surface area contributed by atoms with E-state index in [1.807, 2.05) is 22.6 Å². The Morgan fingerprint density at radius 1 is 1.50 bits per heavy atom. The molecule has 0 aliphatic heterocycles. The Labute approximate surface area is 148 Å². The van der Waals surface area contributed by atoms with Gasteiger partial charge in [-0.3, -0.25) is 0 Å². The molecule has 0 aliphatic rings. The van der Waals surface area contributed by atoms with E-state index in [-0.39, 0.29) is 30.3 Å². The van der Waals surface area contributed by atoms with E-state index in [0.717, 1.165) is 0 Å². The van der Waals surface area contributed by atoms with Gasteiger partial charge in [0.15, 0.2) is 0 Å². The van der Waals surface area contributed by atoms with Crippen LogP contribution in [0.15, 0.2) is 12.1 Å². The summed E-state index contributed by atoms with van der Waals surface area (Å²) >= 11 is 3.71. The monoisotopic (exact) mass is 533 g/mol. The number of esters is 1. The first-order valence-electron chi connectivity index (χ1n) is 5.20. The highest BCUT2D eigenvalue weighted by molar-refractivity contribution is 14.1. The topological polar surface area (TPSA) is 72.5 Å². The second-order valence-corrected chi connectivity index (χ2v) is 6.05. The summed E-state index contributed by atoms with van der Waals surface area (Å²) in [6, 6.07) is 0.958. The lowest BCUT2D eigenvalue weighted by Gasteiger charge is -2.23. The zero-order chi connectivity index (χ0) is 14.8. The van der Waals surface area contributed by atoms with Gasteiger partial charge in [0, 0.05) is 9.13 Å². The molecule has 1 atom stereocenters. The van der Waals surface area contributed by atoms with Gasteiger partial charge in [0.25, 0.3) is 0 Å². The van der Waals surface area contributed by atoms with E-state index >= 15 is 0 Å². The van der Waals surface area contributed by atoms with Gasteiger partial charge in [-0.1, -0.05) is 0 Å². The number of aromatic hydroxyl groups is 1. The molecule has 0 aromatic heterocycles. The van der Waals surface area contributed by atoms with Crippen LogP contribution in [0.25, 0.3) is 0 Å². The molecule has 1 aromatic rings. The molecule has 0 saturated carbocycles. The summed E-state index contributed by atoms with van der Waals surface area (Å²) in [7, 11) is 0. The van der Waals surface area contributed by atoms with Crippen LogP contribution in [0.4, 0.5) is 8.78 Å². The van der Waals surface area contributed by atoms with Gasteiger partial charge in [0.2, 0.25) is 0 Å². The molecule has 4 nitrogen and oxygen atoms in total. The smallest absolute Gasteiger partial charge is 0.379 e. The standard InChI is InChI=1S/C11H11F2I2NO3.ClH/c1-2-19-10(18)11(12,13)9(16)6-3-5(14)4-7(15)8(6)17;/h3-4,9,17H,2,16H2,1H3;1H/t9-;/m1./s1. The van der Waals surface area contributed by atoms with Crippen LogP contribution >= 0.6 is 57.6 Å². The van der Waals surface area contributed by atoms with Crippen LogP contribution < -0.4 is 5.73 Å². The quantitative estimate of drug-likeness (QED) is 0.461. The number of carbonyl (C=O) groups is 1. The number of halogens is 5. The van der Waals surface area contributed by atoms with E-state index < -0.39 is 17.9 Å². The third-order valence-corrected chi connectivity index (χ3v) is 3.78. The number of hydrogen-bond donors (Lipinski definition) is 2. The molecule has 0 fully saturated rings. The Kier molecular flexibility index (Phi) is 7.92. The van der Waals surface area contributed by atoms with Crippen LogP contribution in [0, 0.1) is 7.14 Å². The lowest BCUT2D eigenvalue weighted by Crippen LogP contribution is -2.41. The van der Waals surface area contributed by atoms with Crippen molar-refractivity contribution in [3.63, 3.8) is 0 Å². The highest BCUT2D eigenvalue weighted by Gasteiger charge is 2.48. The number of alkyl halides is 2. The van der Waals surface area contributed by atoms with Crippen molar-refractivity contribution in [3.05, 3.63) is 24.8 Å². The number of nitrogens with two attached hydrogens (primary N) is 1. The van der Waals surface area contributed by atoms with E-state index in [4.69, 9.17) is 5.73 Å². The normalized spacial score (nSPS) is 12.5. The van der Waals surface area contributed by atoms with Crippen LogP contribution in [0.5, 0.6) is 5.75 Å². The summed E-state index contributed by atoms with van der Waals surface area (Å²) in [6.07, 6.45) is 0. The summed E-state index contributed by atoms with van der Waals surface area (Å²) in [6.45, 7) is 1.25. The third-order valence-electron chi connectivity index (χ3n) is 2.33. The number of hydrogen-bond acceptors (Lipinski definition) is 4. The van der Waals surface area contributed by atoms with Gasteiger partial charge in [-0.15, -0.1) is 12.4 Å². The van der Waals surface area contributed by atoms with E-state index in [9.17, 15) is 18.7 Å². The number of carbonyl (C=O) groups excluding carboxylic acids is 1. The van der Waals surface area contributed by atoms with Crippen LogP contribution in [0.3, 0.4) is 0 Å². The van der Waals surface area contributed by atoms with Crippen LogP contribution in [-0.4, -0.2) is 23.6 Å². The Morgan fingerprint density at radius 2 is 2.05 bits per heavy atom. The fraction of sp³-hybridized carbons (Fsp3) is 0.364. The molecule has 0 spiro atoms. The lowest BCUT2D eigenvalue weighted by atomic mass is 10.0. The molecule has 0 radical (unpaired) electrons. The predicted molar refractivity (Wildman–Crippen MR) is 89.3 cm³/mol. The number of phenolic OH excluding ortho intramolecular Hbond substituents is 1. The van der Waals surface area contributed by atoms with Gasteiger partial charge < -0.3 is 15.6 Å². The minimum atomic E-state index is -3.90. The fourth-order valence-corrected chi connectivity index (χ4v) is 3.26. The van der Waals surface area contributed by atoms with Gasteiger partial charge in [-0.2, -0.15) is 8.78 Å². The molecule has 0 saturated heterocycles. The molecule has 0 aliphatic carbocycles. The summed E-state index contributed by atoms with van der Waals surface area (Å²) < 4.78 is 32.9. The van der Waals surface area contributed by atoms with E-state index in [1.165, 1.54) is 13.0 Å². The van der Waals surface area contributed by atoms with Crippen molar-refractivity contribution in [2.75, 3.05) is 6.61 Å². The van der Waals surface area contributed by atoms with Crippen LogP contribution in [-0.2, 0) is 9.53 Å². The SMILES string of the molecule is CCOC(=O)C(F)(F)[C@H](N)c1cc(I)cc(I)c1O.Cl. The largest absolute Gasteiger partial charge is 0.506 e. The molecule has 9 heteroatoms. The predicted octanol–water partition coefficient (Wildman–Crippen LogP) is 3.22. The Balaban J connectivity index is 0.00000361. The fourth-order valence-electron chi connectivity index (χ4n) is 1.37. The van der Waals surface area contributed by atoms with Crippen molar-refractivity contribution in [3.8, 4) is 5.75 Å². The maximum atomic E-state index is 13.8. The molecule has 3 N–H and O–H groups in total. The third kappa shape index (κ3) is 4.28. The van der Waals surface area contributed by atoms with Gasteiger partial charge in [0.1, 0.15) is 11.8 Å². The molecular formula is C11H12ClF2I2NO3. The Hall–Kier alpha value is 0.0600. The van der Waals surface area contributed by atoms with Gasteiger partial charge >= 0.3 is 11.9 Å². The Bertz CT molecular complexity index is 503. The first-order chi connectivity index (χ1) is 8.71. The first kappa shape index (κ1) is 20.1. The van der Waals surface area contributed by atoms with Crippen molar-refractivity contribution < 1.29 is 23.4 Å². The highest BCUT2D eigenvalue weighted by atomic mass is 127. The lowest BCUT2D eigenvalue weighted by molar-refractivity contribution is -0.174. The molecule has 0 amide bonds. The summed E-state index contributed by atoms with van der Waals surface area (Å²) in [4.78, 5) is 11.2. The minimum Gasteiger partial charge on any atom is -0.506 e. The molecule has 114 valence electrons. The first-order valence-corrected chi connectivity index (χ1v) is 7.36. The van der Waals surface area contributed by atoms with Crippen molar-refractivity contribution in [2.24, 2.45) is 5.73 Å². The molecule has 1 aromatic carbocycles. The molecule has 20 heavy (non-hydrogen) atoms. The van der Waals surface area contributed by atoms with Gasteiger partial charge in [-0.05, 0) is 64.2 Å². The van der Waals surface area contributed by atoms with Crippen LogP contribution in [0.2, 0.25) is 0 Å². The zero-order valence-electron chi connectivity index (χ0n) is 10.2. The molecule has 1 rings (SSSR count). The van der Waals surface area contributed by atoms with Crippen LogP contribution in [0.1, 0.15) is 18.5 Å². The van der Waals surface area contributed by atoms with Crippen molar-refractivity contribution in [1.82, 2.24) is 0 Å². The van der Waals surface area contributed by atoms with Crippen molar-refractivity contribution in [2.45, 2.75) is 18.9 Å². The number of ether oxygens (including phenoxy) is 1. The van der Waals surface area contributed by atoms with E-state index in [0.29, 0.717) is 7.14 Å². The van der Waals surface area contributed by atoms with E-state index in [2.05, 4.69) is 4.74 Å². The van der Waals surface area contributed by atoms with Crippen molar-refractivity contribution in [1.29, 1.82) is 0 Å². The minimum absolute atomic E-state index is 0. The van der Waals surface area contributed by atoms with Crippen molar-refractivity contribution >= 4 is 63.6 Å². The molecule has 0 bridgehead atoms. The zero-order valence-corrected chi connectivity index (χ0v) is 15.3. The van der Waals surface area contributed by atoms with Gasteiger partial charge in [-0.25, -0.2) is 4.79 Å². The molecular weight excluding hydrogens is 521 g/mol. The molecule has 0 unspecified atom stereocenters. The average molecular weight is 533 g/mol.